The van der Waals surface area contributed by atoms with Gasteiger partial charge in [-0.3, -0.25) is 0 Å². The van der Waals surface area contributed by atoms with E-state index in [1.54, 1.807) is 0 Å². The lowest BCUT2D eigenvalue weighted by atomic mass is 9.87. The number of rotatable bonds is 4. The highest BCUT2D eigenvalue weighted by atomic mass is 32.2. The Kier molecular flexibility index (Phi) is 4.55. The summed E-state index contributed by atoms with van der Waals surface area (Å²) in [6, 6.07) is 2.35. The van der Waals surface area contributed by atoms with E-state index in [-0.39, 0.29) is 5.41 Å². The average molecular weight is 157 g/mol. The molecule has 0 heterocycles. The Balaban J connectivity index is 3.72. The summed E-state index contributed by atoms with van der Waals surface area (Å²) in [6.07, 6.45) is 4.05. The molecule has 0 spiro atoms. The topological polar surface area (TPSA) is 23.8 Å². The lowest BCUT2D eigenvalue weighted by molar-refractivity contribution is 0.414. The molecule has 0 bridgehead atoms. The molecule has 0 aromatic carbocycles. The molecule has 0 radical (unpaired) electrons. The van der Waals surface area contributed by atoms with Crippen molar-refractivity contribution in [3.05, 3.63) is 0 Å². The van der Waals surface area contributed by atoms with Crippen LogP contribution in [0.15, 0.2) is 0 Å². The Hall–Kier alpha value is -0.160. The van der Waals surface area contributed by atoms with Gasteiger partial charge in [-0.1, -0.05) is 6.92 Å². The van der Waals surface area contributed by atoms with Gasteiger partial charge in [-0.15, -0.1) is 0 Å². The Morgan fingerprint density at radius 1 is 1.60 bits per heavy atom. The summed E-state index contributed by atoms with van der Waals surface area (Å²) >= 11 is 1.81. The lowest BCUT2D eigenvalue weighted by Gasteiger charge is -2.17. The second kappa shape index (κ2) is 4.62. The van der Waals surface area contributed by atoms with Crippen LogP contribution >= 0.6 is 11.8 Å². The second-order valence-electron chi connectivity index (χ2n) is 2.77. The molecule has 1 unspecified atom stereocenters. The molecule has 10 heavy (non-hydrogen) atoms. The summed E-state index contributed by atoms with van der Waals surface area (Å²) in [5, 5.41) is 8.75. The zero-order valence-electron chi connectivity index (χ0n) is 6.98. The summed E-state index contributed by atoms with van der Waals surface area (Å²) < 4.78 is 0. The van der Waals surface area contributed by atoms with Crippen molar-refractivity contribution in [2.24, 2.45) is 5.41 Å². The summed E-state index contributed by atoms with van der Waals surface area (Å²) in [5.74, 6) is 1.10. The molecular weight excluding hydrogens is 142 g/mol. The number of hydrogen-bond donors (Lipinski definition) is 0. The maximum absolute atomic E-state index is 8.75. The molecule has 0 saturated heterocycles. The Bertz CT molecular complexity index is 128. The number of hydrogen-bond acceptors (Lipinski definition) is 2. The van der Waals surface area contributed by atoms with E-state index in [1.807, 2.05) is 18.7 Å². The van der Waals surface area contributed by atoms with Crippen molar-refractivity contribution in [3.8, 4) is 6.07 Å². The third kappa shape index (κ3) is 3.12. The average Bonchev–Trinajstić information content (AvgIpc) is 2.00. The molecule has 0 fully saturated rings. The third-order valence-electron chi connectivity index (χ3n) is 1.91. The molecule has 0 amide bonds. The van der Waals surface area contributed by atoms with Crippen molar-refractivity contribution >= 4 is 11.8 Å². The van der Waals surface area contributed by atoms with Gasteiger partial charge >= 0.3 is 0 Å². The minimum atomic E-state index is -0.0803. The van der Waals surface area contributed by atoms with Gasteiger partial charge in [-0.2, -0.15) is 17.0 Å². The molecule has 0 aliphatic heterocycles. The standard InChI is InChI=1S/C8H15NS/c1-4-8(2,7-9)5-6-10-3/h4-6H2,1-3H3. The quantitative estimate of drug-likeness (QED) is 0.626. The van der Waals surface area contributed by atoms with Gasteiger partial charge in [0.15, 0.2) is 0 Å². The summed E-state index contributed by atoms with van der Waals surface area (Å²) in [6.45, 7) is 4.10. The minimum absolute atomic E-state index is 0.0803. The first kappa shape index (κ1) is 9.84. The fourth-order valence-electron chi connectivity index (χ4n) is 0.639. The van der Waals surface area contributed by atoms with E-state index < -0.39 is 0 Å². The lowest BCUT2D eigenvalue weighted by Crippen LogP contribution is -2.12. The van der Waals surface area contributed by atoms with Crippen molar-refractivity contribution in [2.45, 2.75) is 26.7 Å². The highest BCUT2D eigenvalue weighted by Gasteiger charge is 2.19. The van der Waals surface area contributed by atoms with Gasteiger partial charge < -0.3 is 0 Å². The van der Waals surface area contributed by atoms with Gasteiger partial charge in [0.25, 0.3) is 0 Å². The van der Waals surface area contributed by atoms with E-state index >= 15 is 0 Å². The molecule has 1 atom stereocenters. The smallest absolute Gasteiger partial charge is 0.0687 e. The molecule has 0 aromatic rings. The van der Waals surface area contributed by atoms with E-state index in [1.165, 1.54) is 0 Å². The van der Waals surface area contributed by atoms with Crippen molar-refractivity contribution in [3.63, 3.8) is 0 Å². The van der Waals surface area contributed by atoms with Crippen LogP contribution in [0.4, 0.5) is 0 Å². The van der Waals surface area contributed by atoms with E-state index in [9.17, 15) is 0 Å². The van der Waals surface area contributed by atoms with Crippen LogP contribution in [0.3, 0.4) is 0 Å². The predicted molar refractivity (Wildman–Crippen MR) is 47.0 cm³/mol. The van der Waals surface area contributed by atoms with Crippen molar-refractivity contribution in [1.29, 1.82) is 5.26 Å². The van der Waals surface area contributed by atoms with Crippen molar-refractivity contribution in [2.75, 3.05) is 12.0 Å². The van der Waals surface area contributed by atoms with Gasteiger partial charge in [0.2, 0.25) is 0 Å². The molecule has 2 heteroatoms. The first-order chi connectivity index (χ1) is 4.68. The van der Waals surface area contributed by atoms with Crippen LogP contribution in [-0.4, -0.2) is 12.0 Å². The van der Waals surface area contributed by atoms with Crippen molar-refractivity contribution in [1.82, 2.24) is 0 Å². The van der Waals surface area contributed by atoms with Crippen LogP contribution in [-0.2, 0) is 0 Å². The monoisotopic (exact) mass is 157 g/mol. The van der Waals surface area contributed by atoms with Crippen LogP contribution in [0.1, 0.15) is 26.7 Å². The van der Waals surface area contributed by atoms with Gasteiger partial charge in [0, 0.05) is 0 Å². The predicted octanol–water partition coefficient (Wildman–Crippen LogP) is 2.68. The van der Waals surface area contributed by atoms with Crippen LogP contribution in [0.25, 0.3) is 0 Å². The number of nitrogens with zero attached hydrogens (tertiary/aromatic N) is 1. The second-order valence-corrected chi connectivity index (χ2v) is 3.75. The first-order valence-corrected chi connectivity index (χ1v) is 4.98. The van der Waals surface area contributed by atoms with Gasteiger partial charge in [0.05, 0.1) is 11.5 Å². The SMILES string of the molecule is CCC(C)(C#N)CCSC. The number of nitriles is 1. The summed E-state index contributed by atoms with van der Waals surface area (Å²) in [5.41, 5.74) is -0.0803. The molecule has 0 aromatic heterocycles. The summed E-state index contributed by atoms with van der Waals surface area (Å²) in [4.78, 5) is 0. The fourth-order valence-corrected chi connectivity index (χ4v) is 1.29. The van der Waals surface area contributed by atoms with Gasteiger partial charge in [0.1, 0.15) is 0 Å². The maximum atomic E-state index is 8.75. The van der Waals surface area contributed by atoms with Crippen LogP contribution in [0, 0.1) is 16.7 Å². The zero-order valence-corrected chi connectivity index (χ0v) is 7.79. The van der Waals surface area contributed by atoms with Gasteiger partial charge in [-0.25, -0.2) is 0 Å². The molecule has 0 N–H and O–H groups in total. The Morgan fingerprint density at radius 2 is 2.20 bits per heavy atom. The molecular formula is C8H15NS. The highest BCUT2D eigenvalue weighted by molar-refractivity contribution is 7.98. The highest BCUT2D eigenvalue weighted by Crippen LogP contribution is 2.25. The fraction of sp³-hybridized carbons (Fsp3) is 0.875. The molecule has 0 saturated carbocycles. The molecule has 0 rings (SSSR count). The van der Waals surface area contributed by atoms with Crippen LogP contribution in [0.5, 0.6) is 0 Å². The molecule has 0 aliphatic carbocycles. The molecule has 58 valence electrons. The minimum Gasteiger partial charge on any atom is -0.198 e. The van der Waals surface area contributed by atoms with Gasteiger partial charge in [-0.05, 0) is 31.8 Å². The normalized spacial score (nSPS) is 15.8. The third-order valence-corrected chi connectivity index (χ3v) is 2.52. The summed E-state index contributed by atoms with van der Waals surface area (Å²) in [7, 11) is 0. The zero-order chi connectivity index (χ0) is 8.04. The molecule has 1 nitrogen and oxygen atoms in total. The Labute approximate surface area is 67.8 Å². The first-order valence-electron chi connectivity index (χ1n) is 3.58. The van der Waals surface area contributed by atoms with E-state index in [2.05, 4.69) is 19.2 Å². The maximum Gasteiger partial charge on any atom is 0.0687 e. The Morgan fingerprint density at radius 3 is 2.50 bits per heavy atom. The van der Waals surface area contributed by atoms with Crippen LogP contribution < -0.4 is 0 Å². The van der Waals surface area contributed by atoms with E-state index in [0.29, 0.717) is 0 Å². The van der Waals surface area contributed by atoms with E-state index in [4.69, 9.17) is 5.26 Å². The largest absolute Gasteiger partial charge is 0.198 e. The number of thioether (sulfide) groups is 1. The van der Waals surface area contributed by atoms with E-state index in [0.717, 1.165) is 18.6 Å². The van der Waals surface area contributed by atoms with Crippen LogP contribution in [0.2, 0.25) is 0 Å². The molecule has 0 aliphatic rings. The van der Waals surface area contributed by atoms with Crippen molar-refractivity contribution < 1.29 is 0 Å².